The van der Waals surface area contributed by atoms with E-state index in [1.807, 2.05) is 6.07 Å². The van der Waals surface area contributed by atoms with Gasteiger partial charge in [-0.1, -0.05) is 28.4 Å². The van der Waals surface area contributed by atoms with E-state index in [-0.39, 0.29) is 5.91 Å². The standard InChI is InChI=1S/C17H17BrN2O2S/c18-11-6-4-5-10(9-11)16(22)20-17-14(15(19)21)12-7-2-1-3-8-13(12)23-17/h4-6,9H,1-3,7-8H2,(H2,19,21)(H,20,22). The molecule has 1 aromatic carbocycles. The molecule has 0 atom stereocenters. The van der Waals surface area contributed by atoms with Gasteiger partial charge in [-0.2, -0.15) is 0 Å². The molecule has 0 bridgehead atoms. The molecule has 1 aliphatic carbocycles. The summed E-state index contributed by atoms with van der Waals surface area (Å²) in [7, 11) is 0. The Balaban J connectivity index is 1.93. The number of aryl methyl sites for hydroxylation is 1. The lowest BCUT2D eigenvalue weighted by molar-refractivity contribution is 0.100. The van der Waals surface area contributed by atoms with Gasteiger partial charge in [0.2, 0.25) is 0 Å². The molecular formula is C17H17BrN2O2S. The third kappa shape index (κ3) is 3.48. The molecule has 23 heavy (non-hydrogen) atoms. The summed E-state index contributed by atoms with van der Waals surface area (Å²) >= 11 is 4.84. The molecule has 3 rings (SSSR count). The number of fused-ring (bicyclic) bond motifs is 1. The van der Waals surface area contributed by atoms with Gasteiger partial charge in [0.1, 0.15) is 5.00 Å². The molecule has 0 radical (unpaired) electrons. The molecule has 1 heterocycles. The van der Waals surface area contributed by atoms with E-state index in [0.717, 1.165) is 35.7 Å². The third-order valence-corrected chi connectivity index (χ3v) is 5.68. The molecule has 0 saturated carbocycles. The van der Waals surface area contributed by atoms with E-state index in [1.54, 1.807) is 18.2 Å². The van der Waals surface area contributed by atoms with Gasteiger partial charge in [-0.3, -0.25) is 9.59 Å². The summed E-state index contributed by atoms with van der Waals surface area (Å²) in [5.41, 5.74) is 7.65. The van der Waals surface area contributed by atoms with E-state index in [2.05, 4.69) is 21.2 Å². The first kappa shape index (κ1) is 16.2. The zero-order valence-electron chi connectivity index (χ0n) is 12.5. The first-order chi connectivity index (χ1) is 11.1. The zero-order valence-corrected chi connectivity index (χ0v) is 14.9. The molecule has 2 amide bonds. The second kappa shape index (κ2) is 6.84. The highest BCUT2D eigenvalue weighted by molar-refractivity contribution is 9.10. The van der Waals surface area contributed by atoms with Gasteiger partial charge in [0, 0.05) is 14.9 Å². The first-order valence-corrected chi connectivity index (χ1v) is 9.18. The van der Waals surface area contributed by atoms with Crippen LogP contribution in [0, 0.1) is 0 Å². The molecule has 1 aromatic heterocycles. The van der Waals surface area contributed by atoms with Gasteiger partial charge in [0.25, 0.3) is 11.8 Å². The summed E-state index contributed by atoms with van der Waals surface area (Å²) in [6.07, 6.45) is 5.15. The van der Waals surface area contributed by atoms with Crippen molar-refractivity contribution < 1.29 is 9.59 Å². The number of hydrogen-bond donors (Lipinski definition) is 2. The van der Waals surface area contributed by atoms with Crippen molar-refractivity contribution in [1.29, 1.82) is 0 Å². The van der Waals surface area contributed by atoms with Crippen LogP contribution in [0.3, 0.4) is 0 Å². The maximum absolute atomic E-state index is 12.4. The van der Waals surface area contributed by atoms with Crippen LogP contribution in [0.2, 0.25) is 0 Å². The van der Waals surface area contributed by atoms with Crippen molar-refractivity contribution in [2.24, 2.45) is 5.73 Å². The van der Waals surface area contributed by atoms with Crippen molar-refractivity contribution >= 4 is 44.1 Å². The Labute approximate surface area is 147 Å². The second-order valence-electron chi connectivity index (χ2n) is 5.60. The first-order valence-electron chi connectivity index (χ1n) is 7.57. The molecule has 1 aliphatic rings. The number of primary amides is 1. The van der Waals surface area contributed by atoms with Crippen LogP contribution in [0.1, 0.15) is 50.4 Å². The predicted octanol–water partition coefficient (Wildman–Crippen LogP) is 4.13. The minimum Gasteiger partial charge on any atom is -0.365 e. The number of hydrogen-bond acceptors (Lipinski definition) is 3. The lowest BCUT2D eigenvalue weighted by Gasteiger charge is -2.06. The summed E-state index contributed by atoms with van der Waals surface area (Å²) in [6, 6.07) is 7.15. The fourth-order valence-corrected chi connectivity index (χ4v) is 4.59. The quantitative estimate of drug-likeness (QED) is 0.770. The summed E-state index contributed by atoms with van der Waals surface area (Å²) in [5.74, 6) is -0.695. The van der Waals surface area contributed by atoms with Crippen LogP contribution in [0.5, 0.6) is 0 Å². The van der Waals surface area contributed by atoms with Gasteiger partial charge in [0.05, 0.1) is 5.56 Å². The molecule has 0 saturated heterocycles. The number of halogens is 1. The van der Waals surface area contributed by atoms with Gasteiger partial charge in [-0.25, -0.2) is 0 Å². The maximum atomic E-state index is 12.4. The number of benzene rings is 1. The molecule has 0 fully saturated rings. The van der Waals surface area contributed by atoms with E-state index in [1.165, 1.54) is 22.6 Å². The SMILES string of the molecule is NC(=O)c1c(NC(=O)c2cccc(Br)c2)sc2c1CCCCC2. The summed E-state index contributed by atoms with van der Waals surface area (Å²) in [6.45, 7) is 0. The Bertz CT molecular complexity index is 770. The minimum atomic E-state index is -0.464. The Kier molecular flexibility index (Phi) is 4.82. The topological polar surface area (TPSA) is 72.2 Å². The number of thiophene rings is 1. The molecule has 2 aromatic rings. The van der Waals surface area contributed by atoms with Gasteiger partial charge in [0.15, 0.2) is 0 Å². The van der Waals surface area contributed by atoms with Gasteiger partial charge in [-0.15, -0.1) is 11.3 Å². The van der Waals surface area contributed by atoms with Crippen molar-refractivity contribution in [2.75, 3.05) is 5.32 Å². The number of carbonyl (C=O) groups is 2. The number of carbonyl (C=O) groups excluding carboxylic acids is 2. The maximum Gasteiger partial charge on any atom is 0.256 e. The molecule has 0 spiro atoms. The summed E-state index contributed by atoms with van der Waals surface area (Å²) < 4.78 is 0.835. The largest absolute Gasteiger partial charge is 0.365 e. The highest BCUT2D eigenvalue weighted by Gasteiger charge is 2.24. The Hall–Kier alpha value is -1.66. The normalized spacial score (nSPS) is 14.0. The predicted molar refractivity (Wildman–Crippen MR) is 96.2 cm³/mol. The highest BCUT2D eigenvalue weighted by atomic mass is 79.9. The van der Waals surface area contributed by atoms with E-state index < -0.39 is 5.91 Å². The number of nitrogens with two attached hydrogens (primary N) is 1. The van der Waals surface area contributed by atoms with E-state index in [0.29, 0.717) is 16.1 Å². The van der Waals surface area contributed by atoms with Crippen molar-refractivity contribution in [1.82, 2.24) is 0 Å². The Morgan fingerprint density at radius 3 is 2.70 bits per heavy atom. The number of nitrogens with one attached hydrogen (secondary N) is 1. The minimum absolute atomic E-state index is 0.231. The lowest BCUT2D eigenvalue weighted by Crippen LogP contribution is -2.18. The molecule has 4 nitrogen and oxygen atoms in total. The van der Waals surface area contributed by atoms with Crippen LogP contribution in [0.25, 0.3) is 0 Å². The third-order valence-electron chi connectivity index (χ3n) is 3.98. The van der Waals surface area contributed by atoms with Crippen molar-refractivity contribution in [3.63, 3.8) is 0 Å². The number of amides is 2. The average Bonchev–Trinajstić information content (AvgIpc) is 2.69. The molecule has 120 valence electrons. The molecule has 6 heteroatoms. The molecule has 0 unspecified atom stereocenters. The Morgan fingerprint density at radius 2 is 1.96 bits per heavy atom. The molecular weight excluding hydrogens is 376 g/mol. The van der Waals surface area contributed by atoms with Crippen molar-refractivity contribution in [2.45, 2.75) is 32.1 Å². The van der Waals surface area contributed by atoms with Crippen LogP contribution in [0.15, 0.2) is 28.7 Å². The van der Waals surface area contributed by atoms with Crippen molar-refractivity contribution in [3.8, 4) is 0 Å². The Morgan fingerprint density at radius 1 is 1.17 bits per heavy atom. The number of rotatable bonds is 3. The summed E-state index contributed by atoms with van der Waals surface area (Å²) in [4.78, 5) is 25.5. The fourth-order valence-electron chi connectivity index (χ4n) is 2.90. The van der Waals surface area contributed by atoms with E-state index in [9.17, 15) is 9.59 Å². The highest BCUT2D eigenvalue weighted by Crippen LogP contribution is 2.37. The van der Waals surface area contributed by atoms with Crippen molar-refractivity contribution in [3.05, 3.63) is 50.3 Å². The van der Waals surface area contributed by atoms with Crippen LogP contribution in [-0.4, -0.2) is 11.8 Å². The average molecular weight is 393 g/mol. The summed E-state index contributed by atoms with van der Waals surface area (Å²) in [5, 5.41) is 3.45. The molecule has 3 N–H and O–H groups in total. The van der Waals surface area contributed by atoms with Gasteiger partial charge in [-0.05, 0) is 49.4 Å². The van der Waals surface area contributed by atoms with Crippen LogP contribution in [-0.2, 0) is 12.8 Å². The van der Waals surface area contributed by atoms with E-state index in [4.69, 9.17) is 5.73 Å². The number of anilines is 1. The van der Waals surface area contributed by atoms with Gasteiger partial charge >= 0.3 is 0 Å². The smallest absolute Gasteiger partial charge is 0.256 e. The second-order valence-corrected chi connectivity index (χ2v) is 7.62. The lowest BCUT2D eigenvalue weighted by atomic mass is 10.1. The van der Waals surface area contributed by atoms with Crippen LogP contribution >= 0.6 is 27.3 Å². The van der Waals surface area contributed by atoms with Gasteiger partial charge < -0.3 is 11.1 Å². The fraction of sp³-hybridized carbons (Fsp3) is 0.294. The monoisotopic (exact) mass is 392 g/mol. The van der Waals surface area contributed by atoms with Crippen LogP contribution in [0.4, 0.5) is 5.00 Å². The zero-order chi connectivity index (χ0) is 16.4. The van der Waals surface area contributed by atoms with Crippen LogP contribution < -0.4 is 11.1 Å². The molecule has 0 aliphatic heterocycles. The van der Waals surface area contributed by atoms with E-state index >= 15 is 0 Å².